The summed E-state index contributed by atoms with van der Waals surface area (Å²) in [5.74, 6) is -0.478. The van der Waals surface area contributed by atoms with Crippen molar-refractivity contribution in [1.82, 2.24) is 0 Å². The van der Waals surface area contributed by atoms with Gasteiger partial charge in [0.25, 0.3) is 0 Å². The molecule has 0 spiro atoms. The molecule has 0 aliphatic heterocycles. The van der Waals surface area contributed by atoms with Crippen LogP contribution < -0.4 is 5.14 Å². The number of ether oxygens (including phenoxy) is 1. The number of Topliss-reactive ketones (excluding diaryl/α,β-unsaturated/α-hetero) is 1. The van der Waals surface area contributed by atoms with E-state index in [1.165, 1.54) is 18.2 Å². The number of nitrogens with two attached hydrogens (primary N) is 1. The molecule has 0 heterocycles. The summed E-state index contributed by atoms with van der Waals surface area (Å²) in [7, 11) is -3.94. The van der Waals surface area contributed by atoms with E-state index >= 15 is 0 Å². The number of halogens is 1. The number of benzene rings is 1. The van der Waals surface area contributed by atoms with Gasteiger partial charge in [0.2, 0.25) is 15.8 Å². The van der Waals surface area contributed by atoms with E-state index in [0.717, 1.165) is 0 Å². The van der Waals surface area contributed by atoms with Crippen molar-refractivity contribution >= 4 is 31.7 Å². The van der Waals surface area contributed by atoms with Crippen LogP contribution in [-0.4, -0.2) is 25.3 Å². The SMILES string of the molecule is CC(C)OC(Br)C(=O)c1ccccc1S(N)(=O)=O. The van der Waals surface area contributed by atoms with E-state index in [4.69, 9.17) is 9.88 Å². The lowest BCUT2D eigenvalue weighted by Crippen LogP contribution is -2.24. The fourth-order valence-electron chi connectivity index (χ4n) is 1.34. The summed E-state index contributed by atoms with van der Waals surface area (Å²) in [6.07, 6.45) is -0.167. The first-order valence-electron chi connectivity index (χ1n) is 5.19. The quantitative estimate of drug-likeness (QED) is 0.654. The first-order chi connectivity index (χ1) is 8.23. The Morgan fingerprint density at radius 2 is 1.89 bits per heavy atom. The summed E-state index contributed by atoms with van der Waals surface area (Å²) in [6.45, 7) is 3.54. The molecular weight excluding hydrogens is 322 g/mol. The number of rotatable bonds is 5. The number of ketones is 1. The van der Waals surface area contributed by atoms with Crippen molar-refractivity contribution < 1.29 is 17.9 Å². The van der Waals surface area contributed by atoms with Crippen LogP contribution in [0.15, 0.2) is 29.2 Å². The zero-order chi connectivity index (χ0) is 13.9. The molecule has 1 unspecified atom stereocenters. The second-order valence-electron chi connectivity index (χ2n) is 3.91. The number of hydrogen-bond donors (Lipinski definition) is 1. The molecule has 7 heteroatoms. The second-order valence-corrected chi connectivity index (χ2v) is 6.27. The third kappa shape index (κ3) is 3.88. The first-order valence-corrected chi connectivity index (χ1v) is 7.65. The highest BCUT2D eigenvalue weighted by atomic mass is 79.9. The van der Waals surface area contributed by atoms with Crippen LogP contribution >= 0.6 is 15.9 Å². The standard InChI is InChI=1S/C11H14BrNO4S/c1-7(2)17-11(12)10(14)8-5-3-4-6-9(8)18(13,15)16/h3-7,11H,1-2H3,(H2,13,15,16). The average molecular weight is 336 g/mol. The van der Waals surface area contributed by atoms with E-state index in [0.29, 0.717) is 0 Å². The normalized spacial score (nSPS) is 13.6. The molecule has 0 amide bonds. The minimum atomic E-state index is -3.94. The van der Waals surface area contributed by atoms with Gasteiger partial charge in [0, 0.05) is 5.56 Å². The van der Waals surface area contributed by atoms with Gasteiger partial charge in [-0.1, -0.05) is 12.1 Å². The molecule has 1 atom stereocenters. The van der Waals surface area contributed by atoms with E-state index in [2.05, 4.69) is 15.9 Å². The maximum Gasteiger partial charge on any atom is 0.238 e. The molecule has 5 nitrogen and oxygen atoms in total. The fraction of sp³-hybridized carbons (Fsp3) is 0.364. The van der Waals surface area contributed by atoms with Gasteiger partial charge in [0.15, 0.2) is 5.01 Å². The molecule has 0 aromatic heterocycles. The largest absolute Gasteiger partial charge is 0.356 e. The molecule has 0 saturated carbocycles. The Morgan fingerprint density at radius 1 is 1.33 bits per heavy atom. The Hall–Kier alpha value is -0.760. The Bertz CT molecular complexity index is 542. The predicted molar refractivity (Wildman–Crippen MR) is 71.1 cm³/mol. The Labute approximate surface area is 114 Å². The summed E-state index contributed by atoms with van der Waals surface area (Å²) in [6, 6.07) is 5.76. The Balaban J connectivity index is 3.14. The summed E-state index contributed by atoms with van der Waals surface area (Å²) < 4.78 is 28.0. The van der Waals surface area contributed by atoms with Crippen LogP contribution in [0, 0.1) is 0 Å². The molecule has 0 aliphatic carbocycles. The molecule has 0 fully saturated rings. The van der Waals surface area contributed by atoms with E-state index in [1.54, 1.807) is 19.9 Å². The lowest BCUT2D eigenvalue weighted by Gasteiger charge is -2.14. The number of carbonyl (C=O) groups is 1. The van der Waals surface area contributed by atoms with Gasteiger partial charge in [-0.15, -0.1) is 0 Å². The van der Waals surface area contributed by atoms with Crippen LogP contribution in [0.1, 0.15) is 24.2 Å². The Kier molecular flexibility index (Phi) is 5.03. The van der Waals surface area contributed by atoms with Crippen molar-refractivity contribution in [3.8, 4) is 0 Å². The van der Waals surface area contributed by atoms with Gasteiger partial charge in [-0.3, -0.25) is 4.79 Å². The molecule has 0 saturated heterocycles. The first kappa shape index (κ1) is 15.3. The van der Waals surface area contributed by atoms with Crippen molar-refractivity contribution in [3.05, 3.63) is 29.8 Å². The highest BCUT2D eigenvalue weighted by Gasteiger charge is 2.24. The van der Waals surface area contributed by atoms with E-state index in [-0.39, 0.29) is 16.6 Å². The van der Waals surface area contributed by atoms with Crippen molar-refractivity contribution in [1.29, 1.82) is 0 Å². The highest BCUT2D eigenvalue weighted by molar-refractivity contribution is 9.09. The number of alkyl halides is 1. The predicted octanol–water partition coefficient (Wildman–Crippen LogP) is 1.66. The lowest BCUT2D eigenvalue weighted by atomic mass is 10.1. The number of sulfonamides is 1. The third-order valence-corrected chi connectivity index (χ3v) is 3.66. The van der Waals surface area contributed by atoms with Crippen LogP contribution in [-0.2, 0) is 14.8 Å². The van der Waals surface area contributed by atoms with Gasteiger partial charge < -0.3 is 4.74 Å². The summed E-state index contributed by atoms with van der Waals surface area (Å²) >= 11 is 3.07. The van der Waals surface area contributed by atoms with Gasteiger partial charge >= 0.3 is 0 Å². The maximum absolute atomic E-state index is 12.1. The van der Waals surface area contributed by atoms with Crippen LogP contribution in [0.4, 0.5) is 0 Å². The molecule has 1 aromatic carbocycles. The summed E-state index contributed by atoms with van der Waals surface area (Å²) in [5, 5.41) is 4.16. The molecule has 100 valence electrons. The fourth-order valence-corrected chi connectivity index (χ4v) is 2.76. The van der Waals surface area contributed by atoms with Crippen LogP contribution in [0.2, 0.25) is 0 Å². The molecule has 18 heavy (non-hydrogen) atoms. The van der Waals surface area contributed by atoms with Gasteiger partial charge in [-0.2, -0.15) is 0 Å². The monoisotopic (exact) mass is 335 g/mol. The number of hydrogen-bond acceptors (Lipinski definition) is 4. The van der Waals surface area contributed by atoms with Crippen molar-refractivity contribution in [2.24, 2.45) is 5.14 Å². The zero-order valence-electron chi connectivity index (χ0n) is 9.96. The van der Waals surface area contributed by atoms with E-state index in [9.17, 15) is 13.2 Å². The lowest BCUT2D eigenvalue weighted by molar-refractivity contribution is 0.0484. The van der Waals surface area contributed by atoms with Crippen LogP contribution in [0.5, 0.6) is 0 Å². The molecule has 2 N–H and O–H groups in total. The molecule has 1 aromatic rings. The summed E-state index contributed by atoms with van der Waals surface area (Å²) in [5.41, 5.74) is 0.0162. The number of primary sulfonamides is 1. The van der Waals surface area contributed by atoms with E-state index < -0.39 is 20.8 Å². The Morgan fingerprint density at radius 3 is 2.39 bits per heavy atom. The number of carbonyl (C=O) groups excluding carboxylic acids is 1. The van der Waals surface area contributed by atoms with Gasteiger partial charge in [-0.05, 0) is 41.9 Å². The highest BCUT2D eigenvalue weighted by Crippen LogP contribution is 2.19. The van der Waals surface area contributed by atoms with Crippen LogP contribution in [0.3, 0.4) is 0 Å². The van der Waals surface area contributed by atoms with Crippen molar-refractivity contribution in [2.45, 2.75) is 29.9 Å². The third-order valence-electron chi connectivity index (χ3n) is 2.06. The van der Waals surface area contributed by atoms with Gasteiger partial charge in [0.05, 0.1) is 11.0 Å². The zero-order valence-corrected chi connectivity index (χ0v) is 12.4. The topological polar surface area (TPSA) is 86.5 Å². The van der Waals surface area contributed by atoms with Crippen LogP contribution in [0.25, 0.3) is 0 Å². The minimum absolute atomic E-state index is 0.0162. The molecule has 0 radical (unpaired) electrons. The smallest absolute Gasteiger partial charge is 0.238 e. The second kappa shape index (κ2) is 5.92. The average Bonchev–Trinajstić information content (AvgIpc) is 2.26. The maximum atomic E-state index is 12.1. The van der Waals surface area contributed by atoms with Gasteiger partial charge in [-0.25, -0.2) is 13.6 Å². The summed E-state index contributed by atoms with van der Waals surface area (Å²) in [4.78, 5) is 11.9. The minimum Gasteiger partial charge on any atom is -0.356 e. The van der Waals surface area contributed by atoms with Gasteiger partial charge in [0.1, 0.15) is 0 Å². The molecule has 0 bridgehead atoms. The van der Waals surface area contributed by atoms with Crippen molar-refractivity contribution in [3.63, 3.8) is 0 Å². The van der Waals surface area contributed by atoms with E-state index in [1.807, 2.05) is 0 Å². The van der Waals surface area contributed by atoms with Crippen molar-refractivity contribution in [2.75, 3.05) is 0 Å². The molecular formula is C11H14BrNO4S. The molecule has 1 rings (SSSR count). The molecule has 0 aliphatic rings.